The van der Waals surface area contributed by atoms with Crippen molar-refractivity contribution >= 4 is 23.2 Å². The fourth-order valence-corrected chi connectivity index (χ4v) is 6.17. The smallest absolute Gasteiger partial charge is 0.260 e. The summed E-state index contributed by atoms with van der Waals surface area (Å²) in [6.07, 6.45) is 8.66. The van der Waals surface area contributed by atoms with Gasteiger partial charge in [-0.2, -0.15) is 0 Å². The summed E-state index contributed by atoms with van der Waals surface area (Å²) in [5, 5.41) is 3.91. The Labute approximate surface area is 140 Å². The van der Waals surface area contributed by atoms with Gasteiger partial charge in [0.15, 0.2) is 0 Å². The SMILES string of the molecule is CC(NC(=O)C12CC3CC(CC(C3)C1)C2)c1ncc(C(N)=O)s1. The van der Waals surface area contributed by atoms with E-state index in [-0.39, 0.29) is 17.4 Å². The summed E-state index contributed by atoms with van der Waals surface area (Å²) in [4.78, 5) is 28.9. The van der Waals surface area contributed by atoms with Gasteiger partial charge in [0.05, 0.1) is 12.2 Å². The molecule has 6 heteroatoms. The lowest BCUT2D eigenvalue weighted by molar-refractivity contribution is -0.147. The van der Waals surface area contributed by atoms with Gasteiger partial charge in [-0.05, 0) is 63.2 Å². The molecule has 1 aromatic rings. The maximum absolute atomic E-state index is 13.0. The highest BCUT2D eigenvalue weighted by atomic mass is 32.1. The minimum Gasteiger partial charge on any atom is -0.365 e. The van der Waals surface area contributed by atoms with Gasteiger partial charge in [-0.15, -0.1) is 11.3 Å². The minimum atomic E-state index is -0.464. The Balaban J connectivity index is 1.48. The molecule has 0 aromatic carbocycles. The van der Waals surface area contributed by atoms with Gasteiger partial charge in [-0.1, -0.05) is 0 Å². The van der Waals surface area contributed by atoms with Crippen LogP contribution < -0.4 is 11.1 Å². The van der Waals surface area contributed by atoms with Gasteiger partial charge in [-0.3, -0.25) is 9.59 Å². The van der Waals surface area contributed by atoms with Crippen LogP contribution in [0.2, 0.25) is 0 Å². The van der Waals surface area contributed by atoms with Crippen LogP contribution in [0.25, 0.3) is 0 Å². The Bertz CT molecular complexity index is 619. The number of carbonyl (C=O) groups excluding carboxylic acids is 2. The number of rotatable bonds is 4. The summed E-state index contributed by atoms with van der Waals surface area (Å²) in [6.45, 7) is 1.93. The Morgan fingerprint density at radius 1 is 1.26 bits per heavy atom. The molecule has 23 heavy (non-hydrogen) atoms. The van der Waals surface area contributed by atoms with Crippen LogP contribution in [0.15, 0.2) is 6.20 Å². The Kier molecular flexibility index (Phi) is 3.48. The van der Waals surface area contributed by atoms with E-state index in [4.69, 9.17) is 5.73 Å². The van der Waals surface area contributed by atoms with E-state index < -0.39 is 5.91 Å². The molecule has 5 nitrogen and oxygen atoms in total. The number of aromatic nitrogens is 1. The predicted octanol–water partition coefficient (Wildman–Crippen LogP) is 2.64. The Morgan fingerprint density at radius 3 is 2.30 bits per heavy atom. The van der Waals surface area contributed by atoms with E-state index in [1.165, 1.54) is 36.8 Å². The molecule has 5 rings (SSSR count). The highest BCUT2D eigenvalue weighted by Gasteiger charge is 2.54. The highest BCUT2D eigenvalue weighted by molar-refractivity contribution is 7.13. The van der Waals surface area contributed by atoms with E-state index in [9.17, 15) is 9.59 Å². The van der Waals surface area contributed by atoms with Gasteiger partial charge in [0, 0.05) is 5.41 Å². The number of primary amides is 1. The van der Waals surface area contributed by atoms with E-state index in [1.54, 1.807) is 0 Å². The summed E-state index contributed by atoms with van der Waals surface area (Å²) in [5.74, 6) is 1.99. The van der Waals surface area contributed by atoms with Crippen molar-refractivity contribution in [2.24, 2.45) is 28.9 Å². The molecule has 4 saturated carbocycles. The summed E-state index contributed by atoms with van der Waals surface area (Å²) < 4.78 is 0. The highest BCUT2D eigenvalue weighted by Crippen LogP contribution is 2.60. The first-order valence-electron chi connectivity index (χ1n) is 8.52. The zero-order valence-electron chi connectivity index (χ0n) is 13.4. The molecule has 2 amide bonds. The Morgan fingerprint density at radius 2 is 1.83 bits per heavy atom. The van der Waals surface area contributed by atoms with E-state index in [1.807, 2.05) is 6.92 Å². The number of carbonyl (C=O) groups is 2. The zero-order valence-corrected chi connectivity index (χ0v) is 14.2. The summed E-state index contributed by atoms with van der Waals surface area (Å²) in [5.41, 5.74) is 5.13. The molecule has 0 aliphatic heterocycles. The standard InChI is InChI=1S/C17H23N3O2S/c1-9(15-19-8-13(23-15)14(18)21)20-16(22)17-5-10-2-11(6-17)4-12(3-10)7-17/h8-12H,2-7H2,1H3,(H2,18,21)(H,20,22). The molecule has 1 heterocycles. The normalized spacial score (nSPS) is 36.0. The maximum Gasteiger partial charge on any atom is 0.260 e. The molecular weight excluding hydrogens is 310 g/mol. The minimum absolute atomic E-state index is 0.146. The van der Waals surface area contributed by atoms with Crippen molar-refractivity contribution in [2.45, 2.75) is 51.5 Å². The second kappa shape index (κ2) is 5.30. The second-order valence-corrected chi connectivity index (χ2v) is 8.88. The van der Waals surface area contributed by atoms with Crippen molar-refractivity contribution in [1.82, 2.24) is 10.3 Å². The average molecular weight is 333 g/mol. The van der Waals surface area contributed by atoms with Crippen molar-refractivity contribution in [3.05, 3.63) is 16.1 Å². The van der Waals surface area contributed by atoms with Crippen molar-refractivity contribution < 1.29 is 9.59 Å². The lowest BCUT2D eigenvalue weighted by atomic mass is 9.49. The topological polar surface area (TPSA) is 85.1 Å². The van der Waals surface area contributed by atoms with Gasteiger partial charge in [-0.25, -0.2) is 4.98 Å². The summed E-state index contributed by atoms with van der Waals surface area (Å²) in [6, 6.07) is -0.173. The van der Waals surface area contributed by atoms with Crippen LogP contribution in [0.4, 0.5) is 0 Å². The van der Waals surface area contributed by atoms with Gasteiger partial charge in [0.1, 0.15) is 9.88 Å². The summed E-state index contributed by atoms with van der Waals surface area (Å²) >= 11 is 1.27. The third-order valence-corrected chi connectivity index (χ3v) is 7.20. The molecule has 3 N–H and O–H groups in total. The number of amides is 2. The first-order valence-corrected chi connectivity index (χ1v) is 9.33. The number of thiazole rings is 1. The van der Waals surface area contributed by atoms with E-state index >= 15 is 0 Å². The quantitative estimate of drug-likeness (QED) is 0.888. The van der Waals surface area contributed by atoms with Crippen molar-refractivity contribution in [3.8, 4) is 0 Å². The molecule has 1 unspecified atom stereocenters. The molecule has 4 aliphatic carbocycles. The maximum atomic E-state index is 13.0. The van der Waals surface area contributed by atoms with Crippen LogP contribution in [0.5, 0.6) is 0 Å². The number of nitrogens with one attached hydrogen (secondary N) is 1. The van der Waals surface area contributed by atoms with Crippen LogP contribution in [0.1, 0.15) is 66.2 Å². The molecule has 0 radical (unpaired) electrons. The number of nitrogens with two attached hydrogens (primary N) is 1. The van der Waals surface area contributed by atoms with Crippen LogP contribution in [-0.2, 0) is 4.79 Å². The molecule has 124 valence electrons. The fraction of sp³-hybridized carbons (Fsp3) is 0.706. The van der Waals surface area contributed by atoms with Crippen molar-refractivity contribution in [1.29, 1.82) is 0 Å². The number of nitrogens with zero attached hydrogens (tertiary/aromatic N) is 1. The molecule has 4 bridgehead atoms. The van der Waals surface area contributed by atoms with E-state index in [0.717, 1.165) is 42.0 Å². The third-order valence-electron chi connectivity index (χ3n) is 6.00. The average Bonchev–Trinajstić information content (AvgIpc) is 2.95. The lowest BCUT2D eigenvalue weighted by Gasteiger charge is -2.55. The molecule has 4 aliphatic rings. The Hall–Kier alpha value is -1.43. The van der Waals surface area contributed by atoms with Crippen LogP contribution in [0.3, 0.4) is 0 Å². The predicted molar refractivity (Wildman–Crippen MR) is 87.8 cm³/mol. The van der Waals surface area contributed by atoms with E-state index in [2.05, 4.69) is 10.3 Å². The largest absolute Gasteiger partial charge is 0.365 e. The first-order chi connectivity index (χ1) is 10.9. The van der Waals surface area contributed by atoms with Gasteiger partial charge < -0.3 is 11.1 Å². The van der Waals surface area contributed by atoms with Crippen molar-refractivity contribution in [3.63, 3.8) is 0 Å². The van der Waals surface area contributed by atoms with E-state index in [0.29, 0.717) is 4.88 Å². The molecule has 0 spiro atoms. The van der Waals surface area contributed by atoms with Gasteiger partial charge in [0.25, 0.3) is 5.91 Å². The third kappa shape index (κ3) is 2.57. The zero-order chi connectivity index (χ0) is 16.2. The van der Waals surface area contributed by atoms with Crippen LogP contribution in [-0.4, -0.2) is 16.8 Å². The lowest BCUT2D eigenvalue weighted by Crippen LogP contribution is -2.53. The first kappa shape index (κ1) is 15.1. The number of hydrogen-bond donors (Lipinski definition) is 2. The van der Waals surface area contributed by atoms with Gasteiger partial charge >= 0.3 is 0 Å². The molecule has 0 saturated heterocycles. The van der Waals surface area contributed by atoms with Crippen molar-refractivity contribution in [2.75, 3.05) is 0 Å². The monoisotopic (exact) mass is 333 g/mol. The van der Waals surface area contributed by atoms with Crippen LogP contribution in [0, 0.1) is 23.2 Å². The second-order valence-electron chi connectivity index (χ2n) is 7.82. The number of hydrogen-bond acceptors (Lipinski definition) is 4. The molecule has 1 atom stereocenters. The molecule has 4 fully saturated rings. The van der Waals surface area contributed by atoms with Crippen LogP contribution >= 0.6 is 11.3 Å². The fourth-order valence-electron chi connectivity index (χ4n) is 5.40. The van der Waals surface area contributed by atoms with Gasteiger partial charge in [0.2, 0.25) is 5.91 Å². The molecule has 1 aromatic heterocycles. The summed E-state index contributed by atoms with van der Waals surface area (Å²) in [7, 11) is 0. The molecular formula is C17H23N3O2S.